The van der Waals surface area contributed by atoms with Crippen molar-refractivity contribution in [2.75, 3.05) is 35.0 Å². The molecule has 170 valence electrons. The minimum Gasteiger partial charge on any atom is -0.496 e. The minimum atomic E-state index is -0.942. The van der Waals surface area contributed by atoms with E-state index in [9.17, 15) is 0 Å². The van der Waals surface area contributed by atoms with Gasteiger partial charge in [0.05, 0.1) is 39.1 Å². The summed E-state index contributed by atoms with van der Waals surface area (Å²) in [7, 11) is 6.77. The van der Waals surface area contributed by atoms with Gasteiger partial charge in [0.25, 0.3) is 0 Å². The van der Waals surface area contributed by atoms with Crippen LogP contribution in [0.4, 0.5) is 0 Å². The number of rotatable bonds is 13. The number of benzene rings is 1. The van der Waals surface area contributed by atoms with E-state index in [1.807, 2.05) is 12.1 Å². The summed E-state index contributed by atoms with van der Waals surface area (Å²) in [6.07, 6.45) is 8.58. The molecule has 0 saturated heterocycles. The van der Waals surface area contributed by atoms with Gasteiger partial charge < -0.3 is 23.7 Å². The summed E-state index contributed by atoms with van der Waals surface area (Å²) in [4.78, 5) is 0. The fraction of sp³-hybridized carbons (Fsp3) is 0.680. The zero-order chi connectivity index (χ0) is 22.1. The minimum absolute atomic E-state index is 0.00586. The summed E-state index contributed by atoms with van der Waals surface area (Å²) in [5.41, 5.74) is 1.70. The Balaban J connectivity index is 2.60. The molecule has 0 heterocycles. The molecule has 0 aromatic heterocycles. The number of fused-ring (bicyclic) bond motifs is 1. The lowest BCUT2D eigenvalue weighted by molar-refractivity contribution is -0.259. The van der Waals surface area contributed by atoms with Crippen molar-refractivity contribution in [1.29, 1.82) is 0 Å². The lowest BCUT2D eigenvalue weighted by Crippen LogP contribution is -2.43. The Morgan fingerprint density at radius 3 is 2.20 bits per heavy atom. The van der Waals surface area contributed by atoms with Crippen molar-refractivity contribution in [3.8, 4) is 11.5 Å². The molecule has 0 amide bonds. The molecule has 0 aliphatic heterocycles. The van der Waals surface area contributed by atoms with Gasteiger partial charge in [-0.2, -0.15) is 0 Å². The molecule has 2 rings (SSSR count). The number of methoxy groups -OCH3 is 4. The Labute approximate surface area is 182 Å². The average molecular weight is 421 g/mol. The van der Waals surface area contributed by atoms with Crippen LogP contribution in [0.1, 0.15) is 70.4 Å². The summed E-state index contributed by atoms with van der Waals surface area (Å²) < 4.78 is 30.1. The van der Waals surface area contributed by atoms with Crippen molar-refractivity contribution in [3.05, 3.63) is 29.3 Å². The van der Waals surface area contributed by atoms with Gasteiger partial charge in [-0.15, -0.1) is 0 Å². The topological polar surface area (TPSA) is 46.2 Å². The third-order valence-corrected chi connectivity index (χ3v) is 5.89. The quantitative estimate of drug-likeness (QED) is 0.283. The third-order valence-electron chi connectivity index (χ3n) is 5.89. The number of ether oxygens (including phenoxy) is 5. The number of hydrogen-bond donors (Lipinski definition) is 0. The smallest absolute Gasteiger partial charge is 0.205 e. The van der Waals surface area contributed by atoms with E-state index in [2.05, 4.69) is 26.8 Å². The van der Waals surface area contributed by atoms with Gasteiger partial charge in [-0.3, -0.25) is 0 Å². The molecule has 5 heteroatoms. The van der Waals surface area contributed by atoms with Gasteiger partial charge in [0.1, 0.15) is 17.3 Å². The predicted octanol–water partition coefficient (Wildman–Crippen LogP) is 6.15. The Morgan fingerprint density at radius 1 is 0.933 bits per heavy atom. The van der Waals surface area contributed by atoms with Crippen LogP contribution < -0.4 is 9.47 Å². The maximum atomic E-state index is 6.60. The van der Waals surface area contributed by atoms with E-state index in [1.54, 1.807) is 28.4 Å². The molecule has 0 bridgehead atoms. The lowest BCUT2D eigenvalue weighted by atomic mass is 9.78. The third kappa shape index (κ3) is 5.12. The molecule has 0 fully saturated rings. The van der Waals surface area contributed by atoms with Crippen molar-refractivity contribution < 1.29 is 23.7 Å². The second-order valence-corrected chi connectivity index (χ2v) is 8.31. The van der Waals surface area contributed by atoms with Crippen molar-refractivity contribution in [2.45, 2.75) is 65.1 Å². The molecule has 0 N–H and O–H groups in total. The second kappa shape index (κ2) is 11.6. The molecule has 0 radical (unpaired) electrons. The van der Waals surface area contributed by atoms with Crippen LogP contribution in [0.5, 0.6) is 11.5 Å². The van der Waals surface area contributed by atoms with Crippen LogP contribution in [0.15, 0.2) is 18.2 Å². The fourth-order valence-corrected chi connectivity index (χ4v) is 4.31. The van der Waals surface area contributed by atoms with Crippen LogP contribution in [0.2, 0.25) is 0 Å². The van der Waals surface area contributed by atoms with Crippen molar-refractivity contribution >= 4 is 5.76 Å². The molecule has 0 saturated carbocycles. The van der Waals surface area contributed by atoms with Gasteiger partial charge in [-0.05, 0) is 37.0 Å². The van der Waals surface area contributed by atoms with Crippen LogP contribution in [0.3, 0.4) is 0 Å². The normalized spacial score (nSPS) is 20.7. The van der Waals surface area contributed by atoms with Crippen molar-refractivity contribution in [2.24, 2.45) is 11.8 Å². The zero-order valence-electron chi connectivity index (χ0n) is 19.9. The van der Waals surface area contributed by atoms with E-state index in [0.717, 1.165) is 66.9 Å². The molecule has 30 heavy (non-hydrogen) atoms. The van der Waals surface area contributed by atoms with E-state index in [1.165, 1.54) is 0 Å². The molecule has 1 aliphatic rings. The fourth-order valence-electron chi connectivity index (χ4n) is 4.31. The molecule has 1 aromatic carbocycles. The highest BCUT2D eigenvalue weighted by molar-refractivity contribution is 5.75. The number of hydrogen-bond acceptors (Lipinski definition) is 5. The lowest BCUT2D eigenvalue weighted by Gasteiger charge is -2.43. The van der Waals surface area contributed by atoms with Crippen LogP contribution in [-0.4, -0.2) is 35.0 Å². The molecular formula is C25H40O5. The van der Waals surface area contributed by atoms with Gasteiger partial charge in [0.15, 0.2) is 0 Å². The molecule has 0 spiro atoms. The molecule has 2 unspecified atom stereocenters. The Hall–Kier alpha value is -1.72. The Bertz CT molecular complexity index is 697. The maximum Gasteiger partial charge on any atom is 0.205 e. The first kappa shape index (κ1) is 24.5. The van der Waals surface area contributed by atoms with E-state index >= 15 is 0 Å². The summed E-state index contributed by atoms with van der Waals surface area (Å²) in [5.74, 6) is 1.94. The zero-order valence-corrected chi connectivity index (χ0v) is 19.9. The molecular weight excluding hydrogens is 380 g/mol. The van der Waals surface area contributed by atoms with Gasteiger partial charge in [0, 0.05) is 13.0 Å². The maximum absolute atomic E-state index is 6.60. The first-order chi connectivity index (χ1) is 14.5. The SMILES string of the molecule is CCCCCOC1(OC)c2c(OC)ccc(OC)c2C(OC)=CC1CCCC(C)C. The Morgan fingerprint density at radius 2 is 1.63 bits per heavy atom. The van der Waals surface area contributed by atoms with Gasteiger partial charge in [-0.1, -0.05) is 46.5 Å². The van der Waals surface area contributed by atoms with Crippen LogP contribution in [-0.2, 0) is 20.0 Å². The van der Waals surface area contributed by atoms with Gasteiger partial charge in [-0.25, -0.2) is 0 Å². The highest BCUT2D eigenvalue weighted by Gasteiger charge is 2.49. The molecule has 5 nitrogen and oxygen atoms in total. The second-order valence-electron chi connectivity index (χ2n) is 8.31. The largest absolute Gasteiger partial charge is 0.496 e. The van der Waals surface area contributed by atoms with Gasteiger partial charge >= 0.3 is 0 Å². The Kier molecular flexibility index (Phi) is 9.50. The highest BCUT2D eigenvalue weighted by atomic mass is 16.7. The molecule has 1 aromatic rings. The monoisotopic (exact) mass is 420 g/mol. The first-order valence-corrected chi connectivity index (χ1v) is 11.2. The average Bonchev–Trinajstić information content (AvgIpc) is 2.76. The summed E-state index contributed by atoms with van der Waals surface area (Å²) >= 11 is 0. The van der Waals surface area contributed by atoms with Gasteiger partial charge in [0.2, 0.25) is 5.79 Å². The van der Waals surface area contributed by atoms with E-state index < -0.39 is 5.79 Å². The summed E-state index contributed by atoms with van der Waals surface area (Å²) in [6.45, 7) is 7.33. The summed E-state index contributed by atoms with van der Waals surface area (Å²) in [5, 5.41) is 0. The van der Waals surface area contributed by atoms with Crippen LogP contribution in [0.25, 0.3) is 5.76 Å². The first-order valence-electron chi connectivity index (χ1n) is 11.2. The number of unbranched alkanes of at least 4 members (excludes halogenated alkanes) is 2. The highest BCUT2D eigenvalue weighted by Crippen LogP contribution is 2.52. The van der Waals surface area contributed by atoms with E-state index in [0.29, 0.717) is 12.5 Å². The van der Waals surface area contributed by atoms with E-state index in [4.69, 9.17) is 23.7 Å². The van der Waals surface area contributed by atoms with Crippen molar-refractivity contribution in [1.82, 2.24) is 0 Å². The van der Waals surface area contributed by atoms with Crippen LogP contribution in [0, 0.1) is 11.8 Å². The van der Waals surface area contributed by atoms with Crippen molar-refractivity contribution in [3.63, 3.8) is 0 Å². The van der Waals surface area contributed by atoms with Crippen LogP contribution >= 0.6 is 0 Å². The molecule has 2 atom stereocenters. The van der Waals surface area contributed by atoms with E-state index in [-0.39, 0.29) is 5.92 Å². The predicted molar refractivity (Wildman–Crippen MR) is 121 cm³/mol. The standard InChI is InChI=1S/C25H40O5/c1-8-9-10-16-30-25(29-7)19(13-11-12-18(2)3)17-22(28-6)23-20(26-4)14-15-21(27-5)24(23)25/h14-15,17-19H,8-13,16H2,1-7H3. The molecule has 1 aliphatic carbocycles. The summed E-state index contributed by atoms with van der Waals surface area (Å²) in [6, 6.07) is 3.83.